The molecule has 0 aromatic rings. The van der Waals surface area contributed by atoms with Crippen molar-refractivity contribution in [3.63, 3.8) is 0 Å². The number of amides is 1. The Morgan fingerprint density at radius 1 is 1.57 bits per heavy atom. The highest BCUT2D eigenvalue weighted by Crippen LogP contribution is 2.10. The number of piperidine rings is 1. The summed E-state index contributed by atoms with van der Waals surface area (Å²) >= 11 is 0. The first-order valence-electron chi connectivity index (χ1n) is 4.84. The molecule has 0 aliphatic carbocycles. The normalized spacial score (nSPS) is 19.5. The predicted molar refractivity (Wildman–Crippen MR) is 50.7 cm³/mol. The molecular weight excluding hydrogens is 184 g/mol. The predicted octanol–water partition coefficient (Wildman–Crippen LogP) is -0.199. The number of nitrogens with two attached hydrogens (primary N) is 1. The van der Waals surface area contributed by atoms with Crippen LogP contribution >= 0.6 is 0 Å². The molecule has 5 nitrogen and oxygen atoms in total. The highest BCUT2D eigenvalue weighted by molar-refractivity contribution is 5.77. The molecule has 0 aromatic carbocycles. The monoisotopic (exact) mass is 200 g/mol. The van der Waals surface area contributed by atoms with E-state index in [-0.39, 0.29) is 12.3 Å². The summed E-state index contributed by atoms with van der Waals surface area (Å²) in [5, 5.41) is 8.50. The van der Waals surface area contributed by atoms with Crippen molar-refractivity contribution >= 4 is 11.9 Å². The van der Waals surface area contributed by atoms with Gasteiger partial charge in [0.1, 0.15) is 0 Å². The second-order valence-corrected chi connectivity index (χ2v) is 3.65. The van der Waals surface area contributed by atoms with Crippen LogP contribution in [0.15, 0.2) is 0 Å². The third-order valence-electron chi connectivity index (χ3n) is 2.31. The van der Waals surface area contributed by atoms with Crippen LogP contribution in [0, 0.1) is 0 Å². The van der Waals surface area contributed by atoms with E-state index in [0.717, 1.165) is 12.8 Å². The first-order chi connectivity index (χ1) is 6.59. The molecule has 1 aliphatic rings. The summed E-state index contributed by atoms with van der Waals surface area (Å²) in [7, 11) is 0. The van der Waals surface area contributed by atoms with Gasteiger partial charge in [0.15, 0.2) is 0 Å². The first-order valence-corrected chi connectivity index (χ1v) is 4.84. The van der Waals surface area contributed by atoms with Gasteiger partial charge in [-0.05, 0) is 12.8 Å². The van der Waals surface area contributed by atoms with E-state index in [2.05, 4.69) is 0 Å². The Balaban J connectivity index is 2.34. The van der Waals surface area contributed by atoms with Gasteiger partial charge >= 0.3 is 5.97 Å². The van der Waals surface area contributed by atoms with Crippen LogP contribution in [0.2, 0.25) is 0 Å². The molecule has 1 saturated heterocycles. The van der Waals surface area contributed by atoms with Gasteiger partial charge in [-0.1, -0.05) is 0 Å². The van der Waals surface area contributed by atoms with Gasteiger partial charge in [-0.15, -0.1) is 0 Å². The lowest BCUT2D eigenvalue weighted by Gasteiger charge is -2.28. The quantitative estimate of drug-likeness (QED) is 0.658. The topological polar surface area (TPSA) is 83.6 Å². The summed E-state index contributed by atoms with van der Waals surface area (Å²) in [4.78, 5) is 23.4. The fourth-order valence-corrected chi connectivity index (χ4v) is 1.63. The first kappa shape index (κ1) is 11.0. The van der Waals surface area contributed by atoms with Crippen molar-refractivity contribution in [2.45, 2.75) is 31.7 Å². The van der Waals surface area contributed by atoms with E-state index in [4.69, 9.17) is 10.8 Å². The molecule has 0 unspecified atom stereocenters. The van der Waals surface area contributed by atoms with Crippen molar-refractivity contribution in [1.29, 1.82) is 0 Å². The fraction of sp³-hybridized carbons (Fsp3) is 0.778. The number of nitrogens with zero attached hydrogens (tertiary/aromatic N) is 1. The van der Waals surface area contributed by atoms with E-state index in [9.17, 15) is 9.59 Å². The number of carboxylic acids is 1. The summed E-state index contributed by atoms with van der Waals surface area (Å²) in [5.41, 5.74) is 5.59. The Bertz CT molecular complexity index is 230. The molecule has 0 bridgehead atoms. The van der Waals surface area contributed by atoms with Gasteiger partial charge in [0.2, 0.25) is 5.91 Å². The zero-order chi connectivity index (χ0) is 10.6. The van der Waals surface area contributed by atoms with Crippen molar-refractivity contribution in [2.24, 2.45) is 5.73 Å². The second-order valence-electron chi connectivity index (χ2n) is 3.65. The summed E-state index contributed by atoms with van der Waals surface area (Å²) in [5.74, 6) is -0.820. The van der Waals surface area contributed by atoms with Gasteiger partial charge in [0, 0.05) is 25.6 Å². The van der Waals surface area contributed by atoms with Gasteiger partial charge in [-0.2, -0.15) is 0 Å². The molecule has 1 heterocycles. The van der Waals surface area contributed by atoms with E-state index in [1.807, 2.05) is 0 Å². The van der Waals surface area contributed by atoms with Crippen LogP contribution in [0.4, 0.5) is 0 Å². The minimum atomic E-state index is -0.915. The molecule has 80 valence electrons. The van der Waals surface area contributed by atoms with Gasteiger partial charge in [-0.25, -0.2) is 0 Å². The largest absolute Gasteiger partial charge is 0.481 e. The Hall–Kier alpha value is -1.10. The van der Waals surface area contributed by atoms with Gasteiger partial charge in [0.25, 0.3) is 0 Å². The fourth-order valence-electron chi connectivity index (χ4n) is 1.63. The third kappa shape index (κ3) is 3.33. The van der Waals surface area contributed by atoms with E-state index in [0.29, 0.717) is 19.5 Å². The van der Waals surface area contributed by atoms with Crippen molar-refractivity contribution in [3.8, 4) is 0 Å². The van der Waals surface area contributed by atoms with Crippen molar-refractivity contribution in [3.05, 3.63) is 0 Å². The van der Waals surface area contributed by atoms with Crippen LogP contribution < -0.4 is 5.73 Å². The highest BCUT2D eigenvalue weighted by atomic mass is 16.4. The number of carbonyl (C=O) groups excluding carboxylic acids is 1. The second kappa shape index (κ2) is 4.95. The van der Waals surface area contributed by atoms with Crippen LogP contribution in [0.5, 0.6) is 0 Å². The van der Waals surface area contributed by atoms with Crippen molar-refractivity contribution in [2.75, 3.05) is 13.1 Å². The van der Waals surface area contributed by atoms with Gasteiger partial charge in [-0.3, -0.25) is 9.59 Å². The number of aliphatic carboxylic acids is 1. The van der Waals surface area contributed by atoms with Crippen LogP contribution in [0.1, 0.15) is 25.7 Å². The Kier molecular flexibility index (Phi) is 3.88. The molecule has 1 atom stereocenters. The zero-order valence-corrected chi connectivity index (χ0v) is 8.11. The lowest BCUT2D eigenvalue weighted by Crippen LogP contribution is -2.44. The minimum absolute atomic E-state index is 0.0796. The molecule has 5 heteroatoms. The molecule has 14 heavy (non-hydrogen) atoms. The SMILES string of the molecule is N[C@@H](CC(=O)O)CN1CCCCC1=O. The molecule has 1 aliphatic heterocycles. The maximum absolute atomic E-state index is 11.3. The third-order valence-corrected chi connectivity index (χ3v) is 2.31. The molecule has 1 rings (SSSR count). The molecule has 0 saturated carbocycles. The Morgan fingerprint density at radius 3 is 2.86 bits per heavy atom. The van der Waals surface area contributed by atoms with Gasteiger partial charge in [0.05, 0.1) is 6.42 Å². The maximum Gasteiger partial charge on any atom is 0.304 e. The summed E-state index contributed by atoms with van der Waals surface area (Å²) in [6.07, 6.45) is 2.42. The average molecular weight is 200 g/mol. The van der Waals surface area contributed by atoms with Crippen LogP contribution in [-0.4, -0.2) is 41.0 Å². The number of likely N-dealkylation sites (tertiary alicyclic amines) is 1. The van der Waals surface area contributed by atoms with E-state index < -0.39 is 12.0 Å². The Morgan fingerprint density at radius 2 is 2.29 bits per heavy atom. The van der Waals surface area contributed by atoms with Crippen LogP contribution in [0.25, 0.3) is 0 Å². The lowest BCUT2D eigenvalue weighted by atomic mass is 10.1. The van der Waals surface area contributed by atoms with E-state index in [1.54, 1.807) is 4.90 Å². The standard InChI is InChI=1S/C9H16N2O3/c10-7(5-9(13)14)6-11-4-2-1-3-8(11)12/h7H,1-6,10H2,(H,13,14)/t7-/m0/s1. The molecule has 0 aromatic heterocycles. The lowest BCUT2D eigenvalue weighted by molar-refractivity contribution is -0.139. The van der Waals surface area contributed by atoms with E-state index >= 15 is 0 Å². The number of rotatable bonds is 4. The number of carboxylic acid groups (broad SMARTS) is 1. The Labute approximate surface area is 82.9 Å². The number of carbonyl (C=O) groups is 2. The van der Waals surface area contributed by atoms with E-state index in [1.165, 1.54) is 0 Å². The summed E-state index contributed by atoms with van der Waals surface area (Å²) in [6.45, 7) is 1.08. The number of hydrogen-bond acceptors (Lipinski definition) is 3. The highest BCUT2D eigenvalue weighted by Gasteiger charge is 2.20. The molecule has 1 amide bonds. The molecule has 3 N–H and O–H groups in total. The minimum Gasteiger partial charge on any atom is -0.481 e. The molecule has 0 spiro atoms. The van der Waals surface area contributed by atoms with Crippen LogP contribution in [0.3, 0.4) is 0 Å². The van der Waals surface area contributed by atoms with Crippen LogP contribution in [-0.2, 0) is 9.59 Å². The maximum atomic E-state index is 11.3. The average Bonchev–Trinajstić information content (AvgIpc) is 2.07. The molecule has 1 fully saturated rings. The summed E-state index contributed by atoms with van der Waals surface area (Å²) in [6, 6.07) is -0.449. The molecule has 0 radical (unpaired) electrons. The van der Waals surface area contributed by atoms with Crippen molar-refractivity contribution < 1.29 is 14.7 Å². The van der Waals surface area contributed by atoms with Crippen molar-refractivity contribution in [1.82, 2.24) is 4.90 Å². The van der Waals surface area contributed by atoms with Gasteiger partial charge < -0.3 is 15.7 Å². The smallest absolute Gasteiger partial charge is 0.304 e. The molecular formula is C9H16N2O3. The summed E-state index contributed by atoms with van der Waals surface area (Å²) < 4.78 is 0. The zero-order valence-electron chi connectivity index (χ0n) is 8.11. The number of hydrogen-bond donors (Lipinski definition) is 2.